The maximum atomic E-state index is 14.3. The maximum absolute atomic E-state index is 14.3. The van der Waals surface area contributed by atoms with Crippen LogP contribution in [0.15, 0.2) is 65.6 Å². The van der Waals surface area contributed by atoms with E-state index in [2.05, 4.69) is 4.85 Å². The summed E-state index contributed by atoms with van der Waals surface area (Å²) in [6.07, 6.45) is 0.0227. The fourth-order valence-corrected chi connectivity index (χ4v) is 6.55. The number of hydrogen-bond acceptors (Lipinski definition) is 7. The molecule has 9 nitrogen and oxygen atoms in total. The maximum Gasteiger partial charge on any atom is 0.306 e. The first-order chi connectivity index (χ1) is 21.4. The van der Waals surface area contributed by atoms with Crippen LogP contribution in [0.25, 0.3) is 4.85 Å². The van der Waals surface area contributed by atoms with Crippen LogP contribution in [0, 0.1) is 12.4 Å². The fraction of sp³-hybridized carbons (Fsp3) is 0.353. The number of amides is 2. The smallest absolute Gasteiger partial charge is 0.306 e. The first kappa shape index (κ1) is 31.9. The number of thioether (sulfide) groups is 1. The van der Waals surface area contributed by atoms with Gasteiger partial charge in [0, 0.05) is 40.8 Å². The summed E-state index contributed by atoms with van der Waals surface area (Å²) < 4.78 is 25.8. The molecule has 0 saturated carbocycles. The first-order valence-electron chi connectivity index (χ1n) is 14.7. The standard InChI is InChI=1S/C34H35FN4O5S/c1-34(2,3)44-31(40)15-14-29(32(36)41)39-19-26-25(33(39)42)6-5-7-30(26)43-20-21-8-11-23(12-9-21)45-24-17-38(18-24)28-13-10-22(37-4)16-27(28)35/h5-13,16,24,29H,14-15,17-20H2,1-3H3,(H2,36,41)/t29-/m0/s1. The predicted molar refractivity (Wildman–Crippen MR) is 170 cm³/mol. The number of esters is 1. The highest BCUT2D eigenvalue weighted by Crippen LogP contribution is 2.36. The molecule has 0 bridgehead atoms. The number of anilines is 1. The summed E-state index contributed by atoms with van der Waals surface area (Å²) in [6, 6.07) is 16.9. The number of hydrogen-bond donors (Lipinski definition) is 1. The van der Waals surface area contributed by atoms with E-state index in [1.165, 1.54) is 11.0 Å². The number of nitrogens with two attached hydrogens (primary N) is 1. The Balaban J connectivity index is 1.15. The Bertz CT molecular complexity index is 1640. The molecular weight excluding hydrogens is 595 g/mol. The van der Waals surface area contributed by atoms with Gasteiger partial charge in [-0.15, -0.1) is 11.8 Å². The Morgan fingerprint density at radius 3 is 2.51 bits per heavy atom. The van der Waals surface area contributed by atoms with Gasteiger partial charge in [0.15, 0.2) is 5.69 Å². The lowest BCUT2D eigenvalue weighted by Crippen LogP contribution is -2.49. The fourth-order valence-electron chi connectivity index (χ4n) is 5.36. The molecule has 3 aromatic rings. The molecule has 2 amide bonds. The Morgan fingerprint density at radius 2 is 1.87 bits per heavy atom. The van der Waals surface area contributed by atoms with E-state index in [1.807, 2.05) is 29.2 Å². The Hall–Kier alpha value is -4.56. The van der Waals surface area contributed by atoms with Gasteiger partial charge in [0.1, 0.15) is 29.8 Å². The van der Waals surface area contributed by atoms with Crippen molar-refractivity contribution in [2.24, 2.45) is 5.73 Å². The SMILES string of the molecule is [C-]#[N+]c1ccc(N2CC(Sc3ccc(COc4cccc5c4CN([C@@H](CCC(=O)OC(C)(C)C)C(N)=O)C5=O)cc3)C2)c(F)c1. The molecule has 1 atom stereocenters. The number of fused-ring (bicyclic) bond motifs is 1. The highest BCUT2D eigenvalue weighted by Gasteiger charge is 2.37. The summed E-state index contributed by atoms with van der Waals surface area (Å²) >= 11 is 1.73. The van der Waals surface area contributed by atoms with Crippen LogP contribution in [0.4, 0.5) is 15.8 Å². The van der Waals surface area contributed by atoms with Gasteiger partial charge < -0.3 is 25.0 Å². The van der Waals surface area contributed by atoms with Crippen molar-refractivity contribution in [3.8, 4) is 5.75 Å². The third-order valence-corrected chi connectivity index (χ3v) is 8.74. The van der Waals surface area contributed by atoms with Gasteiger partial charge in [-0.2, -0.15) is 0 Å². The number of ether oxygens (including phenoxy) is 2. The molecule has 45 heavy (non-hydrogen) atoms. The van der Waals surface area contributed by atoms with Gasteiger partial charge in [-0.25, -0.2) is 9.24 Å². The van der Waals surface area contributed by atoms with Crippen LogP contribution in [0.3, 0.4) is 0 Å². The average Bonchev–Trinajstić information content (AvgIpc) is 3.30. The minimum Gasteiger partial charge on any atom is -0.489 e. The molecular formula is C34H35FN4O5S. The molecule has 0 radical (unpaired) electrons. The summed E-state index contributed by atoms with van der Waals surface area (Å²) in [7, 11) is 0. The summed E-state index contributed by atoms with van der Waals surface area (Å²) in [5.41, 5.74) is 7.89. The predicted octanol–water partition coefficient (Wildman–Crippen LogP) is 5.87. The molecule has 2 aliphatic heterocycles. The zero-order valence-electron chi connectivity index (χ0n) is 25.4. The molecule has 2 heterocycles. The van der Waals surface area contributed by atoms with Crippen molar-refractivity contribution in [1.29, 1.82) is 0 Å². The molecule has 3 aromatic carbocycles. The lowest BCUT2D eigenvalue weighted by Gasteiger charge is -2.40. The number of nitrogens with zero attached hydrogens (tertiary/aromatic N) is 3. The van der Waals surface area contributed by atoms with E-state index >= 15 is 0 Å². The van der Waals surface area contributed by atoms with Gasteiger partial charge in [-0.1, -0.05) is 24.3 Å². The highest BCUT2D eigenvalue weighted by atomic mass is 32.2. The van der Waals surface area contributed by atoms with Crippen LogP contribution in [0.5, 0.6) is 5.75 Å². The lowest BCUT2D eigenvalue weighted by molar-refractivity contribution is -0.155. The summed E-state index contributed by atoms with van der Waals surface area (Å²) in [6.45, 7) is 14.2. The van der Waals surface area contributed by atoms with Crippen molar-refractivity contribution in [3.63, 3.8) is 0 Å². The largest absolute Gasteiger partial charge is 0.489 e. The van der Waals surface area contributed by atoms with E-state index in [4.69, 9.17) is 21.8 Å². The van der Waals surface area contributed by atoms with Crippen molar-refractivity contribution in [3.05, 3.63) is 94.6 Å². The van der Waals surface area contributed by atoms with Crippen LogP contribution in [0.1, 0.15) is 55.1 Å². The molecule has 2 aliphatic rings. The summed E-state index contributed by atoms with van der Waals surface area (Å²) in [5, 5.41) is 0.327. The van der Waals surface area contributed by atoms with Crippen LogP contribution in [-0.2, 0) is 27.5 Å². The lowest BCUT2D eigenvalue weighted by atomic mass is 10.1. The molecule has 0 aromatic heterocycles. The van der Waals surface area contributed by atoms with E-state index < -0.39 is 23.5 Å². The number of carbonyl (C=O) groups is 3. The van der Waals surface area contributed by atoms with Crippen molar-refractivity contribution in [2.45, 2.75) is 68.6 Å². The molecule has 1 fully saturated rings. The van der Waals surface area contributed by atoms with Crippen LogP contribution in [-0.4, -0.2) is 52.7 Å². The Kier molecular flexibility index (Phi) is 9.34. The Morgan fingerprint density at radius 1 is 1.13 bits per heavy atom. The number of benzene rings is 3. The highest BCUT2D eigenvalue weighted by molar-refractivity contribution is 8.00. The minimum atomic E-state index is -0.956. The van der Waals surface area contributed by atoms with E-state index in [1.54, 1.807) is 62.9 Å². The molecule has 5 rings (SSSR count). The number of primary amides is 1. The minimum absolute atomic E-state index is 0.0435. The van der Waals surface area contributed by atoms with Crippen LogP contribution < -0.4 is 15.4 Å². The van der Waals surface area contributed by atoms with Gasteiger partial charge in [0.2, 0.25) is 5.91 Å². The number of carbonyl (C=O) groups excluding carboxylic acids is 3. The number of rotatable bonds is 11. The topological polar surface area (TPSA) is 107 Å². The molecule has 11 heteroatoms. The van der Waals surface area contributed by atoms with Gasteiger partial charge in [-0.3, -0.25) is 14.4 Å². The molecule has 1 saturated heterocycles. The van der Waals surface area contributed by atoms with Crippen LogP contribution in [0.2, 0.25) is 0 Å². The molecule has 2 N–H and O–H groups in total. The second-order valence-electron chi connectivity index (χ2n) is 12.1. The third kappa shape index (κ3) is 7.57. The van der Waals surface area contributed by atoms with Crippen molar-refractivity contribution in [1.82, 2.24) is 4.90 Å². The first-order valence-corrected chi connectivity index (χ1v) is 15.5. The van der Waals surface area contributed by atoms with Crippen molar-refractivity contribution in [2.75, 3.05) is 18.0 Å². The number of halogens is 1. The normalized spacial score (nSPS) is 15.2. The van der Waals surface area contributed by atoms with E-state index in [9.17, 15) is 18.8 Å². The van der Waals surface area contributed by atoms with Crippen molar-refractivity contribution < 1.29 is 28.2 Å². The van der Waals surface area contributed by atoms with Gasteiger partial charge >= 0.3 is 5.97 Å². The Labute approximate surface area is 266 Å². The van der Waals surface area contributed by atoms with E-state index in [-0.39, 0.29) is 37.7 Å². The summed E-state index contributed by atoms with van der Waals surface area (Å²) in [4.78, 5) is 45.6. The van der Waals surface area contributed by atoms with Crippen molar-refractivity contribution >= 4 is 40.9 Å². The van der Waals surface area contributed by atoms with Gasteiger partial charge in [0.05, 0.1) is 18.8 Å². The second-order valence-corrected chi connectivity index (χ2v) is 13.5. The molecule has 0 aliphatic carbocycles. The van der Waals surface area contributed by atoms with Gasteiger partial charge in [0.25, 0.3) is 5.91 Å². The summed E-state index contributed by atoms with van der Waals surface area (Å²) in [5.74, 6) is -1.30. The van der Waals surface area contributed by atoms with Gasteiger partial charge in [-0.05, 0) is 69.2 Å². The zero-order valence-corrected chi connectivity index (χ0v) is 26.2. The van der Waals surface area contributed by atoms with E-state index in [0.29, 0.717) is 33.5 Å². The molecule has 234 valence electrons. The third-order valence-electron chi connectivity index (χ3n) is 7.57. The second kappa shape index (κ2) is 13.2. The monoisotopic (exact) mass is 630 g/mol. The molecule has 0 spiro atoms. The molecule has 0 unspecified atom stereocenters. The van der Waals surface area contributed by atoms with E-state index in [0.717, 1.165) is 23.5 Å². The quantitative estimate of drug-likeness (QED) is 0.209. The average molecular weight is 631 g/mol. The zero-order chi connectivity index (χ0) is 32.3. The van der Waals surface area contributed by atoms with Crippen LogP contribution >= 0.6 is 11.8 Å².